The first-order valence-corrected chi connectivity index (χ1v) is 5.94. The Labute approximate surface area is 91.1 Å². The first-order valence-electron chi connectivity index (χ1n) is 5.94. The fraction of sp³-hybridized carbons (Fsp3) is 0.538. The van der Waals surface area contributed by atoms with Crippen LogP contribution < -0.4 is 5.73 Å². The Morgan fingerprint density at radius 2 is 2.13 bits per heavy atom. The summed E-state index contributed by atoms with van der Waals surface area (Å²) in [4.78, 5) is 2.63. The van der Waals surface area contributed by atoms with E-state index in [-0.39, 0.29) is 0 Å². The monoisotopic (exact) mass is 202 g/mol. The van der Waals surface area contributed by atoms with Gasteiger partial charge in [-0.3, -0.25) is 4.90 Å². The number of nitrogens with two attached hydrogens (primary N) is 1. The summed E-state index contributed by atoms with van der Waals surface area (Å²) in [5.74, 6) is 0. The topological polar surface area (TPSA) is 29.3 Å². The summed E-state index contributed by atoms with van der Waals surface area (Å²) in [5, 5.41) is 0. The molecule has 3 rings (SSSR count). The lowest BCUT2D eigenvalue weighted by Crippen LogP contribution is -2.43. The Balaban J connectivity index is 1.92. The van der Waals surface area contributed by atoms with Gasteiger partial charge in [-0.05, 0) is 49.1 Å². The van der Waals surface area contributed by atoms with E-state index in [1.807, 2.05) is 6.07 Å². The molecule has 2 aliphatic heterocycles. The molecular formula is C13H18N2. The van der Waals surface area contributed by atoms with E-state index in [4.69, 9.17) is 5.73 Å². The van der Waals surface area contributed by atoms with E-state index in [0.29, 0.717) is 0 Å². The zero-order valence-electron chi connectivity index (χ0n) is 9.08. The molecule has 1 atom stereocenters. The summed E-state index contributed by atoms with van der Waals surface area (Å²) in [7, 11) is 0. The summed E-state index contributed by atoms with van der Waals surface area (Å²) in [6.07, 6.45) is 5.39. The van der Waals surface area contributed by atoms with Crippen LogP contribution in [0, 0.1) is 0 Å². The standard InChI is InChI=1S/C13H18N2/c14-12-5-4-10-8-13-3-1-2-6-15(13)9-11(10)7-12/h4-5,7,13H,1-3,6,8-9,14H2. The van der Waals surface area contributed by atoms with E-state index >= 15 is 0 Å². The average Bonchev–Trinajstić information content (AvgIpc) is 2.26. The summed E-state index contributed by atoms with van der Waals surface area (Å²) < 4.78 is 0. The van der Waals surface area contributed by atoms with Gasteiger partial charge in [0.05, 0.1) is 0 Å². The van der Waals surface area contributed by atoms with E-state index in [9.17, 15) is 0 Å². The van der Waals surface area contributed by atoms with Crippen LogP contribution in [0.25, 0.3) is 0 Å². The second-order valence-corrected chi connectivity index (χ2v) is 4.85. The maximum absolute atomic E-state index is 5.83. The van der Waals surface area contributed by atoms with Crippen molar-refractivity contribution in [3.05, 3.63) is 29.3 Å². The predicted molar refractivity (Wildman–Crippen MR) is 62.6 cm³/mol. The molecule has 0 saturated carbocycles. The zero-order chi connectivity index (χ0) is 10.3. The van der Waals surface area contributed by atoms with Gasteiger partial charge in [-0.15, -0.1) is 0 Å². The third kappa shape index (κ3) is 1.63. The Morgan fingerprint density at radius 1 is 1.20 bits per heavy atom. The summed E-state index contributed by atoms with van der Waals surface area (Å²) in [5.41, 5.74) is 9.71. The van der Waals surface area contributed by atoms with Crippen LogP contribution in [0.1, 0.15) is 30.4 Å². The van der Waals surface area contributed by atoms with Gasteiger partial charge in [-0.25, -0.2) is 0 Å². The van der Waals surface area contributed by atoms with Gasteiger partial charge in [0.2, 0.25) is 0 Å². The number of benzene rings is 1. The van der Waals surface area contributed by atoms with E-state index in [1.165, 1.54) is 43.4 Å². The molecule has 1 saturated heterocycles. The lowest BCUT2D eigenvalue weighted by molar-refractivity contribution is 0.127. The highest BCUT2D eigenvalue weighted by Gasteiger charge is 2.27. The van der Waals surface area contributed by atoms with E-state index in [2.05, 4.69) is 17.0 Å². The SMILES string of the molecule is Nc1ccc2c(c1)CN1CCCCC1C2. The molecule has 1 aromatic carbocycles. The number of rotatable bonds is 0. The van der Waals surface area contributed by atoms with Gasteiger partial charge in [0.15, 0.2) is 0 Å². The van der Waals surface area contributed by atoms with Gasteiger partial charge in [-0.1, -0.05) is 12.5 Å². The minimum Gasteiger partial charge on any atom is -0.399 e. The zero-order valence-corrected chi connectivity index (χ0v) is 9.08. The van der Waals surface area contributed by atoms with Crippen molar-refractivity contribution in [1.29, 1.82) is 0 Å². The molecule has 0 radical (unpaired) electrons. The first kappa shape index (κ1) is 9.22. The number of anilines is 1. The molecule has 0 bridgehead atoms. The molecule has 2 aliphatic rings. The van der Waals surface area contributed by atoms with Crippen molar-refractivity contribution in [2.45, 2.75) is 38.3 Å². The largest absolute Gasteiger partial charge is 0.399 e. The second kappa shape index (κ2) is 3.53. The first-order chi connectivity index (χ1) is 7.33. The summed E-state index contributed by atoms with van der Waals surface area (Å²) in [6, 6.07) is 7.21. The fourth-order valence-electron chi connectivity index (χ4n) is 2.96. The third-order valence-electron chi connectivity index (χ3n) is 3.81. The Morgan fingerprint density at radius 3 is 3.07 bits per heavy atom. The minimum atomic E-state index is 0.801. The number of piperidine rings is 1. The van der Waals surface area contributed by atoms with E-state index in [1.54, 1.807) is 0 Å². The number of fused-ring (bicyclic) bond motifs is 2. The Hall–Kier alpha value is -1.02. The molecule has 0 aliphatic carbocycles. The minimum absolute atomic E-state index is 0.801. The van der Waals surface area contributed by atoms with Crippen molar-refractivity contribution < 1.29 is 0 Å². The lowest BCUT2D eigenvalue weighted by atomic mass is 9.88. The van der Waals surface area contributed by atoms with E-state index < -0.39 is 0 Å². The van der Waals surface area contributed by atoms with Gasteiger partial charge in [0.1, 0.15) is 0 Å². The molecule has 2 nitrogen and oxygen atoms in total. The van der Waals surface area contributed by atoms with Crippen LogP contribution in [-0.2, 0) is 13.0 Å². The van der Waals surface area contributed by atoms with Crippen molar-refractivity contribution in [2.75, 3.05) is 12.3 Å². The number of nitrogens with zero attached hydrogens (tertiary/aromatic N) is 1. The van der Waals surface area contributed by atoms with Crippen molar-refractivity contribution in [1.82, 2.24) is 4.90 Å². The lowest BCUT2D eigenvalue weighted by Gasteiger charge is -2.40. The smallest absolute Gasteiger partial charge is 0.0317 e. The second-order valence-electron chi connectivity index (χ2n) is 4.85. The maximum atomic E-state index is 5.83. The quantitative estimate of drug-likeness (QED) is 0.653. The highest BCUT2D eigenvalue weighted by Crippen LogP contribution is 2.30. The van der Waals surface area contributed by atoms with Gasteiger partial charge < -0.3 is 5.73 Å². The normalized spacial score (nSPS) is 25.7. The molecule has 2 heterocycles. The van der Waals surface area contributed by atoms with Crippen LogP contribution in [0.15, 0.2) is 18.2 Å². The van der Waals surface area contributed by atoms with Crippen molar-refractivity contribution in [3.63, 3.8) is 0 Å². The highest BCUT2D eigenvalue weighted by atomic mass is 15.2. The molecule has 1 unspecified atom stereocenters. The highest BCUT2D eigenvalue weighted by molar-refractivity contribution is 5.45. The van der Waals surface area contributed by atoms with Crippen molar-refractivity contribution >= 4 is 5.69 Å². The van der Waals surface area contributed by atoms with Crippen LogP contribution in [0.2, 0.25) is 0 Å². The van der Waals surface area contributed by atoms with Crippen LogP contribution in [0.4, 0.5) is 5.69 Å². The molecular weight excluding hydrogens is 184 g/mol. The number of hydrogen-bond donors (Lipinski definition) is 1. The van der Waals surface area contributed by atoms with Crippen molar-refractivity contribution in [2.24, 2.45) is 0 Å². The number of hydrogen-bond acceptors (Lipinski definition) is 2. The van der Waals surface area contributed by atoms with Gasteiger partial charge in [-0.2, -0.15) is 0 Å². The van der Waals surface area contributed by atoms with Crippen LogP contribution in [0.3, 0.4) is 0 Å². The van der Waals surface area contributed by atoms with Crippen molar-refractivity contribution in [3.8, 4) is 0 Å². The molecule has 1 fully saturated rings. The van der Waals surface area contributed by atoms with Gasteiger partial charge in [0.25, 0.3) is 0 Å². The van der Waals surface area contributed by atoms with Crippen LogP contribution in [0.5, 0.6) is 0 Å². The fourth-order valence-corrected chi connectivity index (χ4v) is 2.96. The van der Waals surface area contributed by atoms with Gasteiger partial charge >= 0.3 is 0 Å². The molecule has 0 spiro atoms. The molecule has 0 aromatic heterocycles. The molecule has 2 heteroatoms. The third-order valence-corrected chi connectivity index (χ3v) is 3.81. The molecule has 2 N–H and O–H groups in total. The van der Waals surface area contributed by atoms with Crippen LogP contribution >= 0.6 is 0 Å². The number of nitrogen functional groups attached to an aromatic ring is 1. The molecule has 0 amide bonds. The summed E-state index contributed by atoms with van der Waals surface area (Å²) in [6.45, 7) is 2.39. The molecule has 15 heavy (non-hydrogen) atoms. The Bertz CT molecular complexity index is 373. The van der Waals surface area contributed by atoms with Crippen LogP contribution in [-0.4, -0.2) is 17.5 Å². The van der Waals surface area contributed by atoms with E-state index in [0.717, 1.165) is 18.3 Å². The predicted octanol–water partition coefficient (Wildman–Crippen LogP) is 2.18. The summed E-state index contributed by atoms with van der Waals surface area (Å²) >= 11 is 0. The maximum Gasteiger partial charge on any atom is 0.0317 e. The molecule has 80 valence electrons. The molecule has 1 aromatic rings. The van der Waals surface area contributed by atoms with Gasteiger partial charge in [0, 0.05) is 18.3 Å². The average molecular weight is 202 g/mol. The Kier molecular flexibility index (Phi) is 2.17.